The van der Waals surface area contributed by atoms with Gasteiger partial charge in [-0.1, -0.05) is 17.3 Å². The van der Waals surface area contributed by atoms with Crippen LogP contribution < -0.4 is 19.3 Å². The van der Waals surface area contributed by atoms with Gasteiger partial charge >= 0.3 is 6.36 Å². The maximum absolute atomic E-state index is 15.4. The molecule has 0 aliphatic heterocycles. The maximum atomic E-state index is 15.4. The molecule has 1 aliphatic rings. The van der Waals surface area contributed by atoms with Crippen LogP contribution in [0.4, 0.5) is 23.4 Å². The van der Waals surface area contributed by atoms with Crippen molar-refractivity contribution >= 4 is 26.7 Å². The van der Waals surface area contributed by atoms with E-state index in [-0.39, 0.29) is 52.6 Å². The number of anilines is 1. The number of hydrogen-bond acceptors (Lipinski definition) is 8. The van der Waals surface area contributed by atoms with Gasteiger partial charge in [-0.2, -0.15) is 0 Å². The summed E-state index contributed by atoms with van der Waals surface area (Å²) in [4.78, 5) is 13.1. The molecule has 2 heterocycles. The number of ether oxygens (including phenoxy) is 3. The fraction of sp³-hybridized carbons (Fsp3) is 0.250. The van der Waals surface area contributed by atoms with Crippen molar-refractivity contribution in [2.75, 3.05) is 18.5 Å². The Morgan fingerprint density at radius 1 is 0.979 bits per heavy atom. The van der Waals surface area contributed by atoms with Gasteiger partial charge in [0.25, 0.3) is 15.6 Å². The van der Waals surface area contributed by atoms with Crippen molar-refractivity contribution in [3.05, 3.63) is 106 Å². The van der Waals surface area contributed by atoms with Crippen LogP contribution in [0.5, 0.6) is 11.5 Å². The van der Waals surface area contributed by atoms with Gasteiger partial charge in [0, 0.05) is 23.6 Å². The van der Waals surface area contributed by atoms with Gasteiger partial charge in [0.2, 0.25) is 0 Å². The molecule has 3 aromatic carbocycles. The van der Waals surface area contributed by atoms with Gasteiger partial charge in [-0.05, 0) is 72.4 Å². The smallest absolute Gasteiger partial charge is 0.497 e. The molecule has 0 unspecified atom stereocenters. The van der Waals surface area contributed by atoms with Crippen LogP contribution in [0.3, 0.4) is 0 Å². The zero-order valence-corrected chi connectivity index (χ0v) is 25.7. The number of pyridine rings is 1. The summed E-state index contributed by atoms with van der Waals surface area (Å²) >= 11 is 0. The van der Waals surface area contributed by atoms with Crippen molar-refractivity contribution in [1.82, 2.24) is 9.72 Å². The van der Waals surface area contributed by atoms with Crippen LogP contribution >= 0.6 is 0 Å². The Morgan fingerprint density at radius 3 is 2.36 bits per heavy atom. The predicted octanol–water partition coefficient (Wildman–Crippen LogP) is 6.31. The molecule has 0 spiro atoms. The summed E-state index contributed by atoms with van der Waals surface area (Å²) in [5.41, 5.74) is 0.525. The van der Waals surface area contributed by atoms with E-state index >= 15 is 4.39 Å². The molecule has 6 rings (SSSR count). The van der Waals surface area contributed by atoms with Crippen molar-refractivity contribution in [1.29, 1.82) is 0 Å². The molecule has 5 aromatic rings. The molecule has 0 radical (unpaired) electrons. The first-order valence-electron chi connectivity index (χ1n) is 14.2. The van der Waals surface area contributed by atoms with Crippen LogP contribution in [0.2, 0.25) is 0 Å². The monoisotopic (exact) mass is 673 g/mol. The average Bonchev–Trinajstić information content (AvgIpc) is 3.56. The molecule has 246 valence electrons. The number of rotatable bonds is 10. The number of aromatic nitrogens is 2. The van der Waals surface area contributed by atoms with Crippen LogP contribution in [0.25, 0.3) is 16.6 Å². The molecule has 1 aliphatic carbocycles. The van der Waals surface area contributed by atoms with Crippen LogP contribution in [0.1, 0.15) is 29.9 Å². The number of hydrogen-bond donors (Lipinski definition) is 0. The van der Waals surface area contributed by atoms with Crippen molar-refractivity contribution < 1.29 is 44.7 Å². The van der Waals surface area contributed by atoms with Crippen molar-refractivity contribution in [3.63, 3.8) is 0 Å². The quantitative estimate of drug-likeness (QED) is 0.159. The molecule has 2 aromatic heterocycles. The Morgan fingerprint density at radius 2 is 1.72 bits per heavy atom. The Labute approximate surface area is 265 Å². The molecule has 1 saturated carbocycles. The Balaban J connectivity index is 1.36. The molecule has 47 heavy (non-hydrogen) atoms. The number of benzene rings is 3. The molecule has 0 saturated heterocycles. The van der Waals surface area contributed by atoms with Gasteiger partial charge in [0.05, 0.1) is 43.0 Å². The number of nitrogens with zero attached hydrogens (tertiary/aromatic N) is 3. The van der Waals surface area contributed by atoms with E-state index < -0.39 is 39.8 Å². The third kappa shape index (κ3) is 6.40. The molecule has 15 heteroatoms. The van der Waals surface area contributed by atoms with E-state index in [0.29, 0.717) is 16.7 Å². The lowest BCUT2D eigenvalue weighted by molar-refractivity contribution is -0.351. The third-order valence-electron chi connectivity index (χ3n) is 7.99. The highest BCUT2D eigenvalue weighted by Crippen LogP contribution is 2.44. The molecule has 1 fully saturated rings. The first-order valence-corrected chi connectivity index (χ1v) is 15.7. The van der Waals surface area contributed by atoms with Crippen LogP contribution in [-0.4, -0.2) is 44.8 Å². The molecule has 0 atom stereocenters. The molecule has 0 bridgehead atoms. The summed E-state index contributed by atoms with van der Waals surface area (Å²) in [6.07, 6.45) is -4.67. The van der Waals surface area contributed by atoms with E-state index in [4.69, 9.17) is 14.0 Å². The summed E-state index contributed by atoms with van der Waals surface area (Å²) < 4.78 is 103. The summed E-state index contributed by atoms with van der Waals surface area (Å²) in [5.74, 6) is -0.518. The Bertz CT molecular complexity index is 2080. The van der Waals surface area contributed by atoms with E-state index in [1.807, 2.05) is 0 Å². The summed E-state index contributed by atoms with van der Waals surface area (Å²) in [7, 11) is -1.40. The van der Waals surface area contributed by atoms with E-state index in [0.717, 1.165) is 10.4 Å². The highest BCUT2D eigenvalue weighted by Gasteiger charge is 2.41. The summed E-state index contributed by atoms with van der Waals surface area (Å²) in [5, 5.41) is 4.18. The fourth-order valence-corrected chi connectivity index (χ4v) is 7.03. The van der Waals surface area contributed by atoms with Crippen LogP contribution in [-0.2, 0) is 21.3 Å². The molecular formula is C32H27F4N3O7S. The SMILES string of the molecule is COc1ccc(CN(c2ccon2)S(=O)(=O)c2ccc3c(ccc(=O)n3-c3cc(F)c(C4CC(OC(F)(F)F)C4)cc3OC)c2)cc1. The minimum atomic E-state index is -4.78. The zero-order valence-electron chi connectivity index (χ0n) is 24.9. The van der Waals surface area contributed by atoms with Crippen LogP contribution in [0.15, 0.2) is 93.3 Å². The minimum Gasteiger partial charge on any atom is -0.497 e. The second kappa shape index (κ2) is 12.4. The standard InChI is InChI=1S/C32H27F4N3O7S/c1-43-22-6-3-19(4-7-22)18-38(30-11-12-45-37-30)47(41,42)24-8-9-27-20(15-24)5-10-31(40)39(27)28-17-26(33)25(16-29(28)44-2)21-13-23(14-21)46-32(34,35)36/h3-12,15-17,21,23H,13-14,18H2,1-2H3. The molecule has 10 nitrogen and oxygen atoms in total. The first kappa shape index (κ1) is 32.1. The number of halogens is 4. The van der Waals surface area contributed by atoms with E-state index in [2.05, 4.69) is 9.89 Å². The lowest BCUT2D eigenvalue weighted by Crippen LogP contribution is -2.35. The topological polar surface area (TPSA) is 113 Å². The highest BCUT2D eigenvalue weighted by atomic mass is 32.2. The second-order valence-corrected chi connectivity index (χ2v) is 12.7. The predicted molar refractivity (Wildman–Crippen MR) is 162 cm³/mol. The van der Waals surface area contributed by atoms with Gasteiger partial charge in [-0.3, -0.25) is 14.1 Å². The molecule has 0 N–H and O–H groups in total. The lowest BCUT2D eigenvalue weighted by Gasteiger charge is -2.36. The van der Waals surface area contributed by atoms with Crippen molar-refractivity contribution in [3.8, 4) is 17.2 Å². The van der Waals surface area contributed by atoms with Gasteiger partial charge < -0.3 is 14.0 Å². The van der Waals surface area contributed by atoms with Gasteiger partial charge in [-0.25, -0.2) is 17.1 Å². The third-order valence-corrected chi connectivity index (χ3v) is 9.74. The van der Waals surface area contributed by atoms with E-state index in [9.17, 15) is 26.4 Å². The second-order valence-electron chi connectivity index (χ2n) is 10.8. The fourth-order valence-electron chi connectivity index (χ4n) is 5.60. The Kier molecular flexibility index (Phi) is 8.44. The Hall–Kier alpha value is -4.89. The number of fused-ring (bicyclic) bond motifs is 1. The largest absolute Gasteiger partial charge is 0.522 e. The maximum Gasteiger partial charge on any atom is 0.522 e. The first-order chi connectivity index (χ1) is 22.4. The average molecular weight is 674 g/mol. The molecular weight excluding hydrogens is 646 g/mol. The summed E-state index contributed by atoms with van der Waals surface area (Å²) in [6.45, 7) is -0.0801. The van der Waals surface area contributed by atoms with E-state index in [1.54, 1.807) is 24.3 Å². The van der Waals surface area contributed by atoms with Gasteiger partial charge in [-0.15, -0.1) is 13.2 Å². The number of sulfonamides is 1. The number of alkyl halides is 3. The summed E-state index contributed by atoms with van der Waals surface area (Å²) in [6, 6.07) is 17.5. The van der Waals surface area contributed by atoms with Gasteiger partial charge in [0.15, 0.2) is 5.82 Å². The molecule has 0 amide bonds. The van der Waals surface area contributed by atoms with Crippen molar-refractivity contribution in [2.24, 2.45) is 0 Å². The normalized spacial score (nSPS) is 16.6. The lowest BCUT2D eigenvalue weighted by atomic mass is 9.77. The van der Waals surface area contributed by atoms with Gasteiger partial charge in [0.1, 0.15) is 23.6 Å². The highest BCUT2D eigenvalue weighted by molar-refractivity contribution is 7.92. The van der Waals surface area contributed by atoms with Crippen LogP contribution in [0, 0.1) is 5.82 Å². The minimum absolute atomic E-state index is 0.0334. The zero-order chi connectivity index (χ0) is 33.5. The van der Waals surface area contributed by atoms with Crippen molar-refractivity contribution in [2.45, 2.75) is 42.7 Å². The van der Waals surface area contributed by atoms with E-state index in [1.165, 1.54) is 67.5 Å². The number of methoxy groups -OCH3 is 2.